The monoisotopic (exact) mass is 374 g/mol. The fourth-order valence-corrected chi connectivity index (χ4v) is 2.85. The number of carbonyl (C=O) groups excluding carboxylic acids is 1. The second-order valence-electron chi connectivity index (χ2n) is 5.29. The van der Waals surface area contributed by atoms with Crippen molar-refractivity contribution in [2.24, 2.45) is 7.05 Å². The van der Waals surface area contributed by atoms with Gasteiger partial charge in [-0.1, -0.05) is 11.8 Å². The Hall–Kier alpha value is -2.37. The molecule has 8 nitrogen and oxygen atoms in total. The van der Waals surface area contributed by atoms with Crippen molar-refractivity contribution in [2.75, 3.05) is 18.8 Å². The molecule has 1 aliphatic rings. The number of amides is 1. The Labute approximate surface area is 144 Å². The molecule has 0 aromatic carbocycles. The molecular weight excluding hydrogens is 361 g/mol. The first-order valence-electron chi connectivity index (χ1n) is 7.16. The molecule has 0 aliphatic carbocycles. The number of hydrogen-bond donors (Lipinski definition) is 0. The molecule has 1 fully saturated rings. The second-order valence-corrected chi connectivity index (χ2v) is 6.24. The topological polar surface area (TPSA) is 86.0 Å². The van der Waals surface area contributed by atoms with E-state index in [9.17, 15) is 18.0 Å². The summed E-state index contributed by atoms with van der Waals surface area (Å²) >= 11 is 1.21. The van der Waals surface area contributed by atoms with Gasteiger partial charge in [0, 0.05) is 19.3 Å². The number of aryl methyl sites for hydroxylation is 1. The molecule has 0 N–H and O–H groups in total. The molecule has 1 aliphatic heterocycles. The molecule has 12 heteroatoms. The molecule has 0 bridgehead atoms. The van der Waals surface area contributed by atoms with Crippen molar-refractivity contribution >= 4 is 17.7 Å². The van der Waals surface area contributed by atoms with Crippen molar-refractivity contribution in [3.05, 3.63) is 23.9 Å². The van der Waals surface area contributed by atoms with E-state index < -0.39 is 11.7 Å². The summed E-state index contributed by atoms with van der Waals surface area (Å²) in [4.78, 5) is 17.3. The van der Waals surface area contributed by atoms with E-state index in [0.29, 0.717) is 18.2 Å². The molecule has 1 amide bonds. The smallest absolute Gasteiger partial charge is 0.416 e. The number of carbonyl (C=O) groups is 1. The third-order valence-electron chi connectivity index (χ3n) is 3.46. The minimum Gasteiger partial charge on any atom is -0.471 e. The van der Waals surface area contributed by atoms with Crippen molar-refractivity contribution in [1.29, 1.82) is 0 Å². The van der Waals surface area contributed by atoms with Crippen molar-refractivity contribution in [2.45, 2.75) is 17.4 Å². The minimum absolute atomic E-state index is 0.105. The van der Waals surface area contributed by atoms with Crippen LogP contribution in [0.25, 0.3) is 0 Å². The van der Waals surface area contributed by atoms with E-state index >= 15 is 0 Å². The van der Waals surface area contributed by atoms with Gasteiger partial charge >= 0.3 is 6.18 Å². The Morgan fingerprint density at radius 2 is 2.20 bits per heavy atom. The largest absolute Gasteiger partial charge is 0.471 e. The second kappa shape index (κ2) is 6.86. The molecule has 1 saturated heterocycles. The van der Waals surface area contributed by atoms with E-state index in [1.165, 1.54) is 16.4 Å². The first-order valence-corrected chi connectivity index (χ1v) is 8.14. The van der Waals surface area contributed by atoms with Gasteiger partial charge in [-0.25, -0.2) is 9.67 Å². The van der Waals surface area contributed by atoms with Crippen LogP contribution in [-0.2, 0) is 18.0 Å². The predicted molar refractivity (Wildman–Crippen MR) is 79.8 cm³/mol. The molecule has 0 saturated carbocycles. The maximum absolute atomic E-state index is 12.6. The van der Waals surface area contributed by atoms with Crippen LogP contribution in [0, 0.1) is 0 Å². The third-order valence-corrected chi connectivity index (χ3v) is 4.45. The molecule has 25 heavy (non-hydrogen) atoms. The Bertz CT molecular complexity index is 762. The van der Waals surface area contributed by atoms with Gasteiger partial charge in [0.25, 0.3) is 0 Å². The molecule has 3 heterocycles. The fraction of sp³-hybridized carbons (Fsp3) is 0.462. The molecule has 0 unspecified atom stereocenters. The summed E-state index contributed by atoms with van der Waals surface area (Å²) < 4.78 is 44.8. The Morgan fingerprint density at radius 3 is 2.84 bits per heavy atom. The standard InChI is InChI=1S/C13H13F3N6O2S/c1-21-12(18-19-20-21)25-7-11(23)22-5-9(6-22)24-10-4-8(2-3-17-10)13(14,15)16/h2-4,9H,5-7H2,1H3. The summed E-state index contributed by atoms with van der Waals surface area (Å²) in [5.41, 5.74) is -0.821. The SMILES string of the molecule is Cn1nnnc1SCC(=O)N1CC(Oc2cc(C(F)(F)F)ccn2)C1. The van der Waals surface area contributed by atoms with Gasteiger partial charge in [0.2, 0.25) is 16.9 Å². The van der Waals surface area contributed by atoms with E-state index in [1.807, 2.05) is 0 Å². The zero-order valence-corrected chi connectivity index (χ0v) is 13.8. The Kier molecular flexibility index (Phi) is 4.79. The van der Waals surface area contributed by atoms with Crippen LogP contribution in [-0.4, -0.2) is 60.9 Å². The van der Waals surface area contributed by atoms with Gasteiger partial charge in [0.1, 0.15) is 6.10 Å². The zero-order valence-electron chi connectivity index (χ0n) is 13.0. The van der Waals surface area contributed by atoms with Crippen LogP contribution in [0.5, 0.6) is 5.88 Å². The predicted octanol–water partition coefficient (Wildman–Crippen LogP) is 1.01. The number of thioether (sulfide) groups is 1. The minimum atomic E-state index is -4.45. The summed E-state index contributed by atoms with van der Waals surface area (Å²) in [5, 5.41) is 11.4. The summed E-state index contributed by atoms with van der Waals surface area (Å²) in [7, 11) is 1.67. The molecule has 2 aromatic rings. The first-order chi connectivity index (χ1) is 11.8. The molecule has 0 spiro atoms. The van der Waals surface area contributed by atoms with E-state index in [-0.39, 0.29) is 23.6 Å². The highest BCUT2D eigenvalue weighted by atomic mass is 32.2. The third kappa shape index (κ3) is 4.18. The highest BCUT2D eigenvalue weighted by Gasteiger charge is 2.34. The van der Waals surface area contributed by atoms with Crippen LogP contribution in [0.2, 0.25) is 0 Å². The number of aromatic nitrogens is 5. The number of alkyl halides is 3. The zero-order chi connectivity index (χ0) is 18.0. The molecule has 0 radical (unpaired) electrons. The number of hydrogen-bond acceptors (Lipinski definition) is 7. The molecule has 2 aromatic heterocycles. The Morgan fingerprint density at radius 1 is 1.44 bits per heavy atom. The van der Waals surface area contributed by atoms with Gasteiger partial charge in [0.05, 0.1) is 24.4 Å². The molecule has 3 rings (SSSR count). The maximum Gasteiger partial charge on any atom is 0.416 e. The van der Waals surface area contributed by atoms with Gasteiger partial charge in [-0.3, -0.25) is 4.79 Å². The van der Waals surface area contributed by atoms with Gasteiger partial charge in [-0.15, -0.1) is 5.10 Å². The van der Waals surface area contributed by atoms with Gasteiger partial charge in [0.15, 0.2) is 0 Å². The van der Waals surface area contributed by atoms with Crippen LogP contribution >= 0.6 is 11.8 Å². The van der Waals surface area contributed by atoms with E-state index in [2.05, 4.69) is 20.5 Å². The molecule has 134 valence electrons. The highest BCUT2D eigenvalue weighted by molar-refractivity contribution is 7.99. The Balaban J connectivity index is 1.46. The van der Waals surface area contributed by atoms with E-state index in [4.69, 9.17) is 4.74 Å². The van der Waals surface area contributed by atoms with Crippen LogP contribution < -0.4 is 4.74 Å². The van der Waals surface area contributed by atoms with Gasteiger partial charge in [-0.2, -0.15) is 13.2 Å². The van der Waals surface area contributed by atoms with E-state index in [1.54, 1.807) is 11.9 Å². The average Bonchev–Trinajstić information content (AvgIpc) is 2.93. The first kappa shape index (κ1) is 17.5. The molecular formula is C13H13F3N6O2S. The van der Waals surface area contributed by atoms with Gasteiger partial charge in [-0.05, 0) is 16.5 Å². The fourth-order valence-electron chi connectivity index (χ4n) is 2.10. The van der Waals surface area contributed by atoms with E-state index in [0.717, 1.165) is 18.3 Å². The van der Waals surface area contributed by atoms with Crippen molar-refractivity contribution < 1.29 is 22.7 Å². The number of halogens is 3. The summed E-state index contributed by atoms with van der Waals surface area (Å²) in [6, 6.07) is 1.73. The van der Waals surface area contributed by atoms with Crippen molar-refractivity contribution in [3.8, 4) is 5.88 Å². The van der Waals surface area contributed by atoms with Crippen LogP contribution in [0.15, 0.2) is 23.5 Å². The number of likely N-dealkylation sites (tertiary alicyclic amines) is 1. The molecule has 0 atom stereocenters. The lowest BCUT2D eigenvalue weighted by Crippen LogP contribution is -2.56. The van der Waals surface area contributed by atoms with Crippen LogP contribution in [0.3, 0.4) is 0 Å². The number of rotatable bonds is 5. The van der Waals surface area contributed by atoms with Crippen molar-refractivity contribution in [1.82, 2.24) is 30.1 Å². The summed E-state index contributed by atoms with van der Waals surface area (Å²) in [5.74, 6) is -0.0563. The highest BCUT2D eigenvalue weighted by Crippen LogP contribution is 2.31. The number of nitrogens with zero attached hydrogens (tertiary/aromatic N) is 6. The lowest BCUT2D eigenvalue weighted by molar-refractivity contribution is -0.138. The number of ether oxygens (including phenoxy) is 1. The van der Waals surface area contributed by atoms with Crippen LogP contribution in [0.4, 0.5) is 13.2 Å². The van der Waals surface area contributed by atoms with Gasteiger partial charge < -0.3 is 9.64 Å². The van der Waals surface area contributed by atoms with Crippen LogP contribution in [0.1, 0.15) is 5.56 Å². The average molecular weight is 374 g/mol. The number of pyridine rings is 1. The summed E-state index contributed by atoms with van der Waals surface area (Å²) in [6.07, 6.45) is -3.78. The normalized spacial score (nSPS) is 15.1. The maximum atomic E-state index is 12.6. The quantitative estimate of drug-likeness (QED) is 0.722. The summed E-state index contributed by atoms with van der Waals surface area (Å²) in [6.45, 7) is 0.600. The lowest BCUT2D eigenvalue weighted by atomic mass is 10.1. The number of tetrazole rings is 1. The lowest BCUT2D eigenvalue weighted by Gasteiger charge is -2.38. The van der Waals surface area contributed by atoms with Crippen molar-refractivity contribution in [3.63, 3.8) is 0 Å².